The van der Waals surface area contributed by atoms with Gasteiger partial charge in [0.05, 0.1) is 18.6 Å². The van der Waals surface area contributed by atoms with Crippen LogP contribution >= 0.6 is 27.5 Å². The average molecular weight is 414 g/mol. The van der Waals surface area contributed by atoms with Crippen molar-refractivity contribution >= 4 is 39.4 Å². The van der Waals surface area contributed by atoms with Crippen molar-refractivity contribution in [2.24, 2.45) is 0 Å². The van der Waals surface area contributed by atoms with E-state index in [1.165, 1.54) is 0 Å². The number of carbonyl (C=O) groups excluding carboxylic acids is 2. The molecule has 1 unspecified atom stereocenters. The number of amides is 1. The minimum Gasteiger partial charge on any atom is -0.463 e. The van der Waals surface area contributed by atoms with Gasteiger partial charge in [0.2, 0.25) is 0 Å². The van der Waals surface area contributed by atoms with Crippen molar-refractivity contribution < 1.29 is 14.3 Å². The molecule has 0 aliphatic carbocycles. The van der Waals surface area contributed by atoms with Gasteiger partial charge in [0.1, 0.15) is 5.69 Å². The average Bonchev–Trinajstić information content (AvgIpc) is 2.93. The summed E-state index contributed by atoms with van der Waals surface area (Å²) in [6, 6.07) is 8.17. The molecule has 1 heterocycles. The van der Waals surface area contributed by atoms with E-state index in [0.29, 0.717) is 16.3 Å². The van der Waals surface area contributed by atoms with Gasteiger partial charge in [0, 0.05) is 15.7 Å². The number of halogens is 2. The molecule has 2 N–H and O–H groups in total. The van der Waals surface area contributed by atoms with Crippen molar-refractivity contribution in [3.05, 3.63) is 57.3 Å². The molecule has 0 aliphatic rings. The van der Waals surface area contributed by atoms with Crippen molar-refractivity contribution in [2.75, 3.05) is 0 Å². The molecule has 2 aromatic rings. The van der Waals surface area contributed by atoms with E-state index in [1.807, 2.05) is 0 Å². The molecule has 7 heteroatoms. The number of benzene rings is 1. The Labute approximate surface area is 153 Å². The van der Waals surface area contributed by atoms with Crippen LogP contribution in [0.25, 0.3) is 0 Å². The zero-order chi connectivity index (χ0) is 17.7. The number of aromatic nitrogens is 1. The maximum absolute atomic E-state index is 12.4. The molecule has 0 aliphatic heterocycles. The van der Waals surface area contributed by atoms with Gasteiger partial charge in [0.15, 0.2) is 0 Å². The first-order valence-corrected chi connectivity index (χ1v) is 8.62. The van der Waals surface area contributed by atoms with E-state index in [2.05, 4.69) is 26.2 Å². The molecule has 0 fully saturated rings. The molecule has 2 rings (SSSR count). The molecule has 0 spiro atoms. The van der Waals surface area contributed by atoms with Gasteiger partial charge in [0.25, 0.3) is 5.91 Å². The number of carbonyl (C=O) groups is 2. The third-order valence-corrected chi connectivity index (χ3v) is 4.02. The van der Waals surface area contributed by atoms with Crippen LogP contribution in [0, 0.1) is 0 Å². The maximum atomic E-state index is 12.4. The second-order valence-electron chi connectivity index (χ2n) is 5.52. The number of H-pyrrole nitrogens is 1. The fourth-order valence-corrected chi connectivity index (χ4v) is 2.82. The molecule has 5 nitrogen and oxygen atoms in total. The predicted octanol–water partition coefficient (Wildman–Crippen LogP) is 4.24. The molecule has 1 amide bonds. The number of esters is 1. The number of ether oxygens (including phenoxy) is 1. The van der Waals surface area contributed by atoms with Crippen molar-refractivity contribution in [1.82, 2.24) is 10.3 Å². The van der Waals surface area contributed by atoms with E-state index in [0.717, 1.165) is 4.47 Å². The highest BCUT2D eigenvalue weighted by molar-refractivity contribution is 9.10. The Morgan fingerprint density at radius 2 is 2.04 bits per heavy atom. The summed E-state index contributed by atoms with van der Waals surface area (Å²) in [5, 5.41) is 3.31. The zero-order valence-corrected chi connectivity index (χ0v) is 15.6. The van der Waals surface area contributed by atoms with Crippen LogP contribution in [0.2, 0.25) is 5.02 Å². The lowest BCUT2D eigenvalue weighted by molar-refractivity contribution is -0.147. The molecular weight excluding hydrogens is 396 g/mol. The van der Waals surface area contributed by atoms with Crippen LogP contribution in [0.5, 0.6) is 0 Å². The van der Waals surface area contributed by atoms with Crippen LogP contribution in [-0.2, 0) is 9.53 Å². The van der Waals surface area contributed by atoms with E-state index in [4.69, 9.17) is 16.3 Å². The standard InChI is InChI=1S/C17H18BrClN2O3/c1-10(2)24-16(22)8-14(12-5-3-4-6-13(12)19)21-17(23)15-7-11(18)9-20-15/h3-7,9-10,14,20H,8H2,1-2H3,(H,21,23). The molecule has 0 saturated carbocycles. The van der Waals surface area contributed by atoms with Crippen LogP contribution in [0.1, 0.15) is 42.4 Å². The Morgan fingerprint density at radius 3 is 2.62 bits per heavy atom. The Hall–Kier alpha value is -1.79. The fraction of sp³-hybridized carbons (Fsp3) is 0.294. The summed E-state index contributed by atoms with van der Waals surface area (Å²) in [5.41, 5.74) is 1.05. The lowest BCUT2D eigenvalue weighted by atomic mass is 10.0. The second kappa shape index (κ2) is 8.35. The van der Waals surface area contributed by atoms with E-state index in [9.17, 15) is 9.59 Å². The quantitative estimate of drug-likeness (QED) is 0.696. The Kier molecular flexibility index (Phi) is 6.45. The molecule has 0 bridgehead atoms. The summed E-state index contributed by atoms with van der Waals surface area (Å²) in [4.78, 5) is 27.3. The van der Waals surface area contributed by atoms with Crippen LogP contribution in [-0.4, -0.2) is 23.0 Å². The Morgan fingerprint density at radius 1 is 1.33 bits per heavy atom. The SMILES string of the molecule is CC(C)OC(=O)CC(NC(=O)c1cc(Br)c[nH]1)c1ccccc1Cl. The molecule has 1 aromatic carbocycles. The summed E-state index contributed by atoms with van der Waals surface area (Å²) in [5.74, 6) is -0.731. The van der Waals surface area contributed by atoms with Crippen molar-refractivity contribution in [1.29, 1.82) is 0 Å². The summed E-state index contributed by atoms with van der Waals surface area (Å²) in [6.07, 6.45) is 1.43. The first-order valence-electron chi connectivity index (χ1n) is 7.45. The first-order chi connectivity index (χ1) is 11.4. The predicted molar refractivity (Wildman–Crippen MR) is 96.0 cm³/mol. The number of hydrogen-bond donors (Lipinski definition) is 2. The molecule has 1 atom stereocenters. The van der Waals surface area contributed by atoms with Crippen LogP contribution in [0.15, 0.2) is 41.0 Å². The van der Waals surface area contributed by atoms with Crippen LogP contribution in [0.3, 0.4) is 0 Å². The Balaban J connectivity index is 2.21. The highest BCUT2D eigenvalue weighted by Gasteiger charge is 2.23. The molecule has 0 radical (unpaired) electrons. The lowest BCUT2D eigenvalue weighted by Gasteiger charge is -2.20. The van der Waals surface area contributed by atoms with Crippen molar-refractivity contribution in [2.45, 2.75) is 32.4 Å². The smallest absolute Gasteiger partial charge is 0.308 e. The normalized spacial score (nSPS) is 12.0. The second-order valence-corrected chi connectivity index (χ2v) is 6.84. The van der Waals surface area contributed by atoms with Crippen molar-refractivity contribution in [3.63, 3.8) is 0 Å². The van der Waals surface area contributed by atoms with Gasteiger partial charge in [-0.15, -0.1) is 0 Å². The summed E-state index contributed by atoms with van der Waals surface area (Å²) < 4.78 is 5.95. The Bertz CT molecular complexity index is 730. The molecule has 24 heavy (non-hydrogen) atoms. The minimum atomic E-state index is -0.584. The van der Waals surface area contributed by atoms with Crippen LogP contribution < -0.4 is 5.32 Å². The van der Waals surface area contributed by atoms with Gasteiger partial charge in [-0.25, -0.2) is 0 Å². The van der Waals surface area contributed by atoms with E-state index in [1.54, 1.807) is 50.4 Å². The molecule has 1 aromatic heterocycles. The van der Waals surface area contributed by atoms with Crippen LogP contribution in [0.4, 0.5) is 0 Å². The summed E-state index contributed by atoms with van der Waals surface area (Å²) in [6.45, 7) is 3.55. The van der Waals surface area contributed by atoms with Gasteiger partial charge < -0.3 is 15.0 Å². The molecular formula is C17H18BrClN2O3. The minimum absolute atomic E-state index is 0.00443. The monoisotopic (exact) mass is 412 g/mol. The third-order valence-electron chi connectivity index (χ3n) is 3.22. The van der Waals surface area contributed by atoms with E-state index < -0.39 is 12.0 Å². The maximum Gasteiger partial charge on any atom is 0.308 e. The summed E-state index contributed by atoms with van der Waals surface area (Å²) in [7, 11) is 0. The van der Waals surface area contributed by atoms with E-state index >= 15 is 0 Å². The van der Waals surface area contributed by atoms with Gasteiger partial charge in [-0.3, -0.25) is 9.59 Å². The third kappa shape index (κ3) is 5.11. The zero-order valence-electron chi connectivity index (χ0n) is 13.3. The molecule has 0 saturated heterocycles. The number of hydrogen-bond acceptors (Lipinski definition) is 3. The fourth-order valence-electron chi connectivity index (χ4n) is 2.21. The van der Waals surface area contributed by atoms with E-state index in [-0.39, 0.29) is 18.4 Å². The van der Waals surface area contributed by atoms with Gasteiger partial charge in [-0.2, -0.15) is 0 Å². The van der Waals surface area contributed by atoms with Gasteiger partial charge in [-0.05, 0) is 47.5 Å². The van der Waals surface area contributed by atoms with Gasteiger partial charge in [-0.1, -0.05) is 29.8 Å². The first kappa shape index (κ1) is 18.5. The lowest BCUT2D eigenvalue weighted by Crippen LogP contribution is -2.31. The summed E-state index contributed by atoms with van der Waals surface area (Å²) >= 11 is 9.51. The number of nitrogens with one attached hydrogen (secondary N) is 2. The van der Waals surface area contributed by atoms with Gasteiger partial charge >= 0.3 is 5.97 Å². The van der Waals surface area contributed by atoms with Crippen molar-refractivity contribution in [3.8, 4) is 0 Å². The topological polar surface area (TPSA) is 71.2 Å². The highest BCUT2D eigenvalue weighted by atomic mass is 79.9. The molecule has 128 valence electrons. The number of rotatable bonds is 6. The number of aromatic amines is 1. The highest BCUT2D eigenvalue weighted by Crippen LogP contribution is 2.26. The largest absolute Gasteiger partial charge is 0.463 e.